The monoisotopic (exact) mass is 300 g/mol. The van der Waals surface area contributed by atoms with Crippen molar-refractivity contribution < 1.29 is 9.53 Å². The number of nitrogens with zero attached hydrogens (tertiary/aromatic N) is 4. The predicted molar refractivity (Wildman–Crippen MR) is 82.2 cm³/mol. The number of aromatic nitrogens is 3. The van der Waals surface area contributed by atoms with Crippen LogP contribution >= 0.6 is 0 Å². The molecule has 0 aliphatic carbocycles. The quantitative estimate of drug-likeness (QED) is 0.864. The number of carbonyl (C=O) groups excluding carboxylic acids is 1. The lowest BCUT2D eigenvalue weighted by Crippen LogP contribution is -2.43. The summed E-state index contributed by atoms with van der Waals surface area (Å²) in [6.45, 7) is 5.51. The topological polar surface area (TPSA) is 60.2 Å². The maximum absolute atomic E-state index is 12.5. The molecule has 116 valence electrons. The van der Waals surface area contributed by atoms with Gasteiger partial charge < -0.3 is 9.64 Å². The maximum atomic E-state index is 12.5. The van der Waals surface area contributed by atoms with Gasteiger partial charge in [-0.2, -0.15) is 0 Å². The van der Waals surface area contributed by atoms with Gasteiger partial charge in [0.1, 0.15) is 6.04 Å². The molecule has 2 aromatic rings. The van der Waals surface area contributed by atoms with Gasteiger partial charge in [0.15, 0.2) is 11.6 Å². The predicted octanol–water partition coefficient (Wildman–Crippen LogP) is 1.80. The number of amides is 1. The first-order valence-electron chi connectivity index (χ1n) is 7.40. The molecule has 1 atom stereocenters. The van der Waals surface area contributed by atoms with Crippen LogP contribution in [0.15, 0.2) is 24.3 Å². The summed E-state index contributed by atoms with van der Waals surface area (Å²) >= 11 is 0. The van der Waals surface area contributed by atoms with Gasteiger partial charge in [0, 0.05) is 19.2 Å². The molecule has 0 bridgehead atoms. The van der Waals surface area contributed by atoms with Crippen LogP contribution in [0.5, 0.6) is 0 Å². The van der Waals surface area contributed by atoms with Crippen LogP contribution in [0.2, 0.25) is 0 Å². The van der Waals surface area contributed by atoms with E-state index in [1.807, 2.05) is 36.6 Å². The summed E-state index contributed by atoms with van der Waals surface area (Å²) < 4.78 is 7.01. The standard InChI is InChI=1S/C16H20N4O2/c1-11-5-4-6-13(9-11)15-18-17-14-10-19(7-8-22-3)16(21)12(2)20(14)15/h4-6,9,12H,7-8,10H2,1-3H3/t12-/m0/s1. The number of ether oxygens (including phenoxy) is 1. The molecule has 0 radical (unpaired) electrons. The van der Waals surface area contributed by atoms with Crippen molar-refractivity contribution in [3.05, 3.63) is 35.7 Å². The third-order valence-electron chi connectivity index (χ3n) is 4.00. The van der Waals surface area contributed by atoms with E-state index in [-0.39, 0.29) is 11.9 Å². The average Bonchev–Trinajstić information content (AvgIpc) is 2.93. The number of hydrogen-bond acceptors (Lipinski definition) is 4. The van der Waals surface area contributed by atoms with Crippen molar-refractivity contribution >= 4 is 5.91 Å². The van der Waals surface area contributed by atoms with Gasteiger partial charge in [0.25, 0.3) is 0 Å². The Hall–Kier alpha value is -2.21. The van der Waals surface area contributed by atoms with Crippen LogP contribution in [0, 0.1) is 6.92 Å². The minimum Gasteiger partial charge on any atom is -0.383 e. The molecule has 6 nitrogen and oxygen atoms in total. The number of methoxy groups -OCH3 is 1. The molecule has 0 fully saturated rings. The molecule has 0 unspecified atom stereocenters. The minimum absolute atomic E-state index is 0.0817. The number of fused-ring (bicyclic) bond motifs is 1. The van der Waals surface area contributed by atoms with Crippen molar-refractivity contribution in [1.29, 1.82) is 0 Å². The van der Waals surface area contributed by atoms with E-state index < -0.39 is 0 Å². The van der Waals surface area contributed by atoms with Crippen LogP contribution < -0.4 is 0 Å². The van der Waals surface area contributed by atoms with E-state index in [9.17, 15) is 4.79 Å². The first kappa shape index (κ1) is 14.7. The molecule has 2 heterocycles. The molecule has 0 N–H and O–H groups in total. The largest absolute Gasteiger partial charge is 0.383 e. The van der Waals surface area contributed by atoms with E-state index in [1.54, 1.807) is 12.0 Å². The second-order valence-electron chi connectivity index (χ2n) is 5.61. The van der Waals surface area contributed by atoms with E-state index in [4.69, 9.17) is 4.74 Å². The zero-order chi connectivity index (χ0) is 15.7. The molecule has 1 aliphatic rings. The Labute approximate surface area is 129 Å². The maximum Gasteiger partial charge on any atom is 0.245 e. The molecule has 6 heteroatoms. The summed E-state index contributed by atoms with van der Waals surface area (Å²) in [7, 11) is 1.64. The molecule has 0 saturated heterocycles. The van der Waals surface area contributed by atoms with Crippen LogP contribution in [0.4, 0.5) is 0 Å². The Morgan fingerprint density at radius 3 is 2.91 bits per heavy atom. The summed E-state index contributed by atoms with van der Waals surface area (Å²) in [5.74, 6) is 1.66. The van der Waals surface area contributed by atoms with Crippen LogP contribution in [0.3, 0.4) is 0 Å². The van der Waals surface area contributed by atoms with Crippen LogP contribution in [-0.4, -0.2) is 45.8 Å². The first-order chi connectivity index (χ1) is 10.6. The first-order valence-corrected chi connectivity index (χ1v) is 7.40. The summed E-state index contributed by atoms with van der Waals surface area (Å²) in [5.41, 5.74) is 2.15. The normalized spacial score (nSPS) is 17.7. The molecule has 1 aromatic carbocycles. The smallest absolute Gasteiger partial charge is 0.245 e. The fraction of sp³-hybridized carbons (Fsp3) is 0.438. The van der Waals surface area contributed by atoms with E-state index in [1.165, 1.54) is 0 Å². The van der Waals surface area contributed by atoms with Crippen LogP contribution in [0.1, 0.15) is 24.4 Å². The highest BCUT2D eigenvalue weighted by molar-refractivity contribution is 5.82. The van der Waals surface area contributed by atoms with Gasteiger partial charge in [0.05, 0.1) is 13.2 Å². The van der Waals surface area contributed by atoms with Gasteiger partial charge in [0.2, 0.25) is 5.91 Å². The third kappa shape index (κ3) is 2.50. The number of benzene rings is 1. The van der Waals surface area contributed by atoms with E-state index in [0.29, 0.717) is 19.7 Å². The molecule has 3 rings (SSSR count). The lowest BCUT2D eigenvalue weighted by Gasteiger charge is -2.31. The molecule has 0 saturated carbocycles. The highest BCUT2D eigenvalue weighted by Crippen LogP contribution is 2.28. The van der Waals surface area contributed by atoms with E-state index >= 15 is 0 Å². The second-order valence-corrected chi connectivity index (χ2v) is 5.61. The number of carbonyl (C=O) groups is 1. The molecule has 1 aliphatic heterocycles. The van der Waals surface area contributed by atoms with Crippen molar-refractivity contribution in [2.75, 3.05) is 20.3 Å². The van der Waals surface area contributed by atoms with Crippen molar-refractivity contribution in [1.82, 2.24) is 19.7 Å². The Balaban J connectivity index is 1.97. The second kappa shape index (κ2) is 5.88. The molecule has 1 amide bonds. The minimum atomic E-state index is -0.300. The summed E-state index contributed by atoms with van der Waals surface area (Å²) in [5, 5.41) is 8.60. The van der Waals surface area contributed by atoms with E-state index in [2.05, 4.69) is 16.3 Å². The Morgan fingerprint density at radius 2 is 2.18 bits per heavy atom. The molecular formula is C16H20N4O2. The summed E-state index contributed by atoms with van der Waals surface area (Å²) in [6.07, 6.45) is 0. The van der Waals surface area contributed by atoms with Crippen molar-refractivity contribution in [3.8, 4) is 11.4 Å². The highest BCUT2D eigenvalue weighted by atomic mass is 16.5. The average molecular weight is 300 g/mol. The fourth-order valence-electron chi connectivity index (χ4n) is 2.83. The third-order valence-corrected chi connectivity index (χ3v) is 4.00. The molecular weight excluding hydrogens is 280 g/mol. The molecule has 0 spiro atoms. The fourth-order valence-corrected chi connectivity index (χ4v) is 2.83. The van der Waals surface area contributed by atoms with Gasteiger partial charge >= 0.3 is 0 Å². The SMILES string of the molecule is COCCN1Cc2nnc(-c3cccc(C)c3)n2[C@@H](C)C1=O. The van der Waals surface area contributed by atoms with Gasteiger partial charge in [-0.25, -0.2) is 0 Å². The van der Waals surface area contributed by atoms with Gasteiger partial charge in [-0.3, -0.25) is 9.36 Å². The lowest BCUT2D eigenvalue weighted by molar-refractivity contribution is -0.137. The van der Waals surface area contributed by atoms with Crippen molar-refractivity contribution in [2.24, 2.45) is 0 Å². The molecule has 1 aromatic heterocycles. The van der Waals surface area contributed by atoms with Gasteiger partial charge in [-0.1, -0.05) is 23.8 Å². The van der Waals surface area contributed by atoms with Gasteiger partial charge in [-0.15, -0.1) is 10.2 Å². The Bertz CT molecular complexity index is 695. The lowest BCUT2D eigenvalue weighted by atomic mass is 10.1. The number of hydrogen-bond donors (Lipinski definition) is 0. The van der Waals surface area contributed by atoms with Crippen LogP contribution in [0.25, 0.3) is 11.4 Å². The number of aryl methyl sites for hydroxylation is 1. The van der Waals surface area contributed by atoms with Crippen molar-refractivity contribution in [2.45, 2.75) is 26.4 Å². The van der Waals surface area contributed by atoms with Crippen molar-refractivity contribution in [3.63, 3.8) is 0 Å². The van der Waals surface area contributed by atoms with Crippen LogP contribution in [-0.2, 0) is 16.1 Å². The number of rotatable bonds is 4. The van der Waals surface area contributed by atoms with E-state index in [0.717, 1.165) is 22.8 Å². The zero-order valence-electron chi connectivity index (χ0n) is 13.1. The zero-order valence-corrected chi connectivity index (χ0v) is 13.1. The Kier molecular flexibility index (Phi) is 3.94. The highest BCUT2D eigenvalue weighted by Gasteiger charge is 2.33. The summed E-state index contributed by atoms with van der Waals surface area (Å²) in [6, 6.07) is 7.79. The Morgan fingerprint density at radius 1 is 1.36 bits per heavy atom. The molecule has 22 heavy (non-hydrogen) atoms. The summed E-state index contributed by atoms with van der Waals surface area (Å²) in [4.78, 5) is 14.3. The van der Waals surface area contributed by atoms with Gasteiger partial charge in [-0.05, 0) is 19.9 Å².